The van der Waals surface area contributed by atoms with Gasteiger partial charge >= 0.3 is 0 Å². The first kappa shape index (κ1) is 32.5. The maximum atomic E-state index is 4.06. The van der Waals surface area contributed by atoms with Crippen LogP contribution in [0, 0.1) is 0 Å². The van der Waals surface area contributed by atoms with Gasteiger partial charge in [0, 0.05) is 85.6 Å². The van der Waals surface area contributed by atoms with Crippen molar-refractivity contribution in [1.82, 2.24) is 19.9 Å². The van der Waals surface area contributed by atoms with E-state index in [0.29, 0.717) is 0 Å². The molecule has 0 amide bonds. The largest absolute Gasteiger partial charge is 0.355 e. The SMILES string of the molecule is C1=c2cc(-c3ccccc3)c([nH]2)=C(c2ccccc2)c2[nH]c(c(-c3ccccc3)c2-c2ccccc2)C=c2[nH]c(c3ccccc23)=Cc2ccc1[nH]2.[Zn]. The Kier molecular flexibility index (Phi) is 8.34. The van der Waals surface area contributed by atoms with E-state index in [-0.39, 0.29) is 19.5 Å². The molecule has 9 aromatic rings. The average Bonchev–Trinajstić information content (AvgIpc) is 3.99. The molecule has 0 fully saturated rings. The number of hydrogen-bond acceptors (Lipinski definition) is 0. The molecule has 4 N–H and O–H groups in total. The average molecular weight is 732 g/mol. The Balaban J connectivity index is 0.00000372. The van der Waals surface area contributed by atoms with Crippen LogP contribution in [0.4, 0.5) is 0 Å². The molecule has 5 aromatic carbocycles. The summed E-state index contributed by atoms with van der Waals surface area (Å²) in [7, 11) is 0. The van der Waals surface area contributed by atoms with Crippen molar-refractivity contribution in [1.29, 1.82) is 0 Å². The fourth-order valence-corrected chi connectivity index (χ4v) is 7.75. The number of rotatable bonds is 4. The van der Waals surface area contributed by atoms with Gasteiger partial charge in [-0.15, -0.1) is 0 Å². The monoisotopic (exact) mass is 730 g/mol. The molecule has 5 heterocycles. The van der Waals surface area contributed by atoms with Crippen molar-refractivity contribution in [3.8, 4) is 33.4 Å². The van der Waals surface area contributed by atoms with Gasteiger partial charge in [0.15, 0.2) is 0 Å². The van der Waals surface area contributed by atoms with E-state index >= 15 is 0 Å². The van der Waals surface area contributed by atoms with E-state index < -0.39 is 0 Å². The van der Waals surface area contributed by atoms with Crippen molar-refractivity contribution in [2.45, 2.75) is 0 Å². The number of aromatic nitrogens is 4. The van der Waals surface area contributed by atoms with Crippen molar-refractivity contribution >= 4 is 34.6 Å². The predicted molar refractivity (Wildman–Crippen MR) is 214 cm³/mol. The molecule has 0 spiro atoms. The van der Waals surface area contributed by atoms with Crippen molar-refractivity contribution in [3.05, 3.63) is 214 Å². The molecule has 248 valence electrons. The van der Waals surface area contributed by atoms with Crippen molar-refractivity contribution in [2.75, 3.05) is 0 Å². The van der Waals surface area contributed by atoms with E-state index in [1.807, 2.05) is 0 Å². The molecule has 0 saturated heterocycles. The Morgan fingerprint density at radius 2 is 0.887 bits per heavy atom. The molecule has 4 aromatic heterocycles. The van der Waals surface area contributed by atoms with Crippen molar-refractivity contribution in [3.63, 3.8) is 0 Å². The third kappa shape index (κ3) is 5.86. The quantitative estimate of drug-likeness (QED) is 0.132. The molecule has 53 heavy (non-hydrogen) atoms. The number of aromatic amines is 4. The first-order chi connectivity index (χ1) is 25.8. The minimum atomic E-state index is 0. The summed E-state index contributed by atoms with van der Waals surface area (Å²) < 4.78 is 0. The van der Waals surface area contributed by atoms with Gasteiger partial charge in [-0.2, -0.15) is 0 Å². The molecule has 0 saturated carbocycles. The molecule has 10 rings (SSSR count). The van der Waals surface area contributed by atoms with Gasteiger partial charge in [-0.3, -0.25) is 0 Å². The third-order valence-corrected chi connectivity index (χ3v) is 10.0. The van der Waals surface area contributed by atoms with Crippen LogP contribution in [0.25, 0.3) is 68.0 Å². The zero-order valence-corrected chi connectivity index (χ0v) is 32.0. The van der Waals surface area contributed by atoms with Crippen LogP contribution in [0.5, 0.6) is 0 Å². The number of benzene rings is 5. The molecule has 1 aliphatic rings. The summed E-state index contributed by atoms with van der Waals surface area (Å²) in [5, 5.41) is 6.51. The molecule has 1 aliphatic heterocycles. The molecule has 5 heteroatoms. The minimum Gasteiger partial charge on any atom is -0.355 e. The van der Waals surface area contributed by atoms with Crippen LogP contribution in [0.3, 0.4) is 0 Å². The van der Waals surface area contributed by atoms with Crippen LogP contribution in [0.15, 0.2) is 164 Å². The van der Waals surface area contributed by atoms with Crippen LogP contribution in [0.1, 0.15) is 28.3 Å². The van der Waals surface area contributed by atoms with E-state index in [0.717, 1.165) is 88.7 Å². The maximum Gasteiger partial charge on any atom is 0.0572 e. The second kappa shape index (κ2) is 13.6. The summed E-state index contributed by atoms with van der Waals surface area (Å²) in [6.07, 6.45) is 6.69. The van der Waals surface area contributed by atoms with Gasteiger partial charge in [-0.25, -0.2) is 0 Å². The summed E-state index contributed by atoms with van der Waals surface area (Å²) in [6, 6.07) is 58.2. The van der Waals surface area contributed by atoms with Crippen molar-refractivity contribution in [2.24, 2.45) is 0 Å². The second-order valence-corrected chi connectivity index (χ2v) is 13.3. The Morgan fingerprint density at radius 3 is 1.51 bits per heavy atom. The van der Waals surface area contributed by atoms with E-state index in [9.17, 15) is 0 Å². The van der Waals surface area contributed by atoms with Crippen LogP contribution in [-0.4, -0.2) is 19.9 Å². The Bertz CT molecular complexity index is 2980. The Hall–Kier alpha value is -6.42. The zero-order valence-electron chi connectivity index (χ0n) is 29.0. The van der Waals surface area contributed by atoms with Crippen LogP contribution >= 0.6 is 0 Å². The molecule has 0 aliphatic carbocycles. The molecular formula is C48H34N4Zn. The van der Waals surface area contributed by atoms with Gasteiger partial charge in [-0.1, -0.05) is 146 Å². The molecule has 0 unspecified atom stereocenters. The summed E-state index contributed by atoms with van der Waals surface area (Å²) in [6.45, 7) is 0. The molecule has 4 nitrogen and oxygen atoms in total. The van der Waals surface area contributed by atoms with Gasteiger partial charge in [-0.05, 0) is 58.7 Å². The number of hydrogen-bond donors (Lipinski definition) is 4. The number of nitrogens with one attached hydrogen (secondary N) is 4. The van der Waals surface area contributed by atoms with E-state index in [1.165, 1.54) is 10.8 Å². The molecule has 8 bridgehead atoms. The minimum absolute atomic E-state index is 0. The summed E-state index contributed by atoms with van der Waals surface area (Å²) in [4.78, 5) is 15.4. The molecule has 0 atom stereocenters. The smallest absolute Gasteiger partial charge is 0.0572 e. The normalized spacial score (nSPS) is 12.0. The summed E-state index contributed by atoms with van der Waals surface area (Å²) >= 11 is 0. The molecule has 0 radical (unpaired) electrons. The van der Waals surface area contributed by atoms with Gasteiger partial charge in [0.2, 0.25) is 0 Å². The van der Waals surface area contributed by atoms with Gasteiger partial charge in [0.05, 0.1) is 11.0 Å². The first-order valence-corrected chi connectivity index (χ1v) is 17.7. The third-order valence-electron chi connectivity index (χ3n) is 10.0. The van der Waals surface area contributed by atoms with Gasteiger partial charge < -0.3 is 19.9 Å². The number of H-pyrrole nitrogens is 4. The first-order valence-electron chi connectivity index (χ1n) is 17.7. The fourth-order valence-electron chi connectivity index (χ4n) is 7.75. The summed E-state index contributed by atoms with van der Waals surface area (Å²) in [5.74, 6) is 0. The zero-order chi connectivity index (χ0) is 34.4. The predicted octanol–water partition coefficient (Wildman–Crippen LogP) is 8.20. The Morgan fingerprint density at radius 1 is 0.377 bits per heavy atom. The van der Waals surface area contributed by atoms with Crippen LogP contribution in [-0.2, 0) is 19.5 Å². The van der Waals surface area contributed by atoms with E-state index in [4.69, 9.17) is 0 Å². The maximum absolute atomic E-state index is 4.06. The summed E-state index contributed by atoms with van der Waals surface area (Å²) in [5.41, 5.74) is 13.2. The second-order valence-electron chi connectivity index (χ2n) is 13.3. The van der Waals surface area contributed by atoms with Crippen LogP contribution in [0.2, 0.25) is 0 Å². The van der Waals surface area contributed by atoms with E-state index in [1.54, 1.807) is 0 Å². The van der Waals surface area contributed by atoms with Gasteiger partial charge in [0.25, 0.3) is 0 Å². The number of fused-ring (bicyclic) bond motifs is 11. The Labute approximate surface area is 319 Å². The fraction of sp³-hybridized carbons (Fsp3) is 0. The topological polar surface area (TPSA) is 63.2 Å². The molecular weight excluding hydrogens is 698 g/mol. The standard InChI is InChI=1S/C48H34N4.Zn/c1-5-15-31(16-6-1)40-28-37-27-35-25-26-36(49-35)29-41-38-23-13-14-24-39(38)42(51-41)30-43-44(32-17-7-2-8-18-32)45(33-19-9-3-10-20-33)48(52-43)46(47(40)50-37)34-21-11-4-12-22-34;/h1-30,49-52H;. The van der Waals surface area contributed by atoms with Gasteiger partial charge in [0.1, 0.15) is 0 Å². The van der Waals surface area contributed by atoms with Crippen molar-refractivity contribution < 1.29 is 19.5 Å². The van der Waals surface area contributed by atoms with E-state index in [2.05, 4.69) is 202 Å². The van der Waals surface area contributed by atoms with Crippen LogP contribution < -0.4 is 21.4 Å².